The van der Waals surface area contributed by atoms with Crippen molar-refractivity contribution in [2.24, 2.45) is 0 Å². The molecule has 12 heteroatoms. The fourth-order valence-corrected chi connectivity index (χ4v) is 4.46. The molecule has 4 aromatic heterocycles. The van der Waals surface area contributed by atoms with Gasteiger partial charge < -0.3 is 19.5 Å². The zero-order valence-corrected chi connectivity index (χ0v) is 21.9. The zero-order chi connectivity index (χ0) is 28.5. The molecule has 0 amide bonds. The van der Waals surface area contributed by atoms with Gasteiger partial charge in [-0.3, -0.25) is 0 Å². The Morgan fingerprint density at radius 2 is 1.85 bits per heavy atom. The van der Waals surface area contributed by atoms with Crippen LogP contribution in [0.3, 0.4) is 0 Å². The van der Waals surface area contributed by atoms with E-state index in [1.807, 2.05) is 12.1 Å². The van der Waals surface area contributed by atoms with Crippen LogP contribution >= 0.6 is 0 Å². The second-order valence-corrected chi connectivity index (χ2v) is 10.2. The highest BCUT2D eigenvalue weighted by atomic mass is 19.4. The highest BCUT2D eigenvalue weighted by molar-refractivity contribution is 5.85. The molecule has 208 valence electrons. The van der Waals surface area contributed by atoms with Gasteiger partial charge in [0.2, 0.25) is 5.88 Å². The summed E-state index contributed by atoms with van der Waals surface area (Å²) in [7, 11) is 0. The van der Waals surface area contributed by atoms with Gasteiger partial charge in [0, 0.05) is 55.5 Å². The van der Waals surface area contributed by atoms with E-state index in [0.29, 0.717) is 42.8 Å². The molecule has 9 nitrogen and oxygen atoms in total. The Hall–Kier alpha value is -4.37. The number of pyridine rings is 3. The molecule has 5 rings (SSSR count). The van der Waals surface area contributed by atoms with Crippen molar-refractivity contribution in [3.8, 4) is 28.8 Å². The molecule has 0 unspecified atom stereocenters. The van der Waals surface area contributed by atoms with E-state index < -0.39 is 17.3 Å². The number of aromatic nitrogens is 4. The minimum Gasteiger partial charge on any atom is -0.489 e. The summed E-state index contributed by atoms with van der Waals surface area (Å²) in [5.74, 6) is 1.44. The summed E-state index contributed by atoms with van der Waals surface area (Å²) in [5.41, 5.74) is 0.701. The number of hydrogen-bond donors (Lipinski definition) is 1. The van der Waals surface area contributed by atoms with Crippen molar-refractivity contribution in [3.63, 3.8) is 0 Å². The van der Waals surface area contributed by atoms with Gasteiger partial charge in [-0.05, 0) is 38.1 Å². The van der Waals surface area contributed by atoms with Crippen molar-refractivity contribution in [2.75, 3.05) is 24.6 Å². The van der Waals surface area contributed by atoms with Crippen molar-refractivity contribution in [2.45, 2.75) is 44.6 Å². The number of fused-ring (bicyclic) bond motifs is 1. The molecule has 40 heavy (non-hydrogen) atoms. The Kier molecular flexibility index (Phi) is 7.25. The summed E-state index contributed by atoms with van der Waals surface area (Å²) in [4.78, 5) is 10.6. The summed E-state index contributed by atoms with van der Waals surface area (Å²) < 4.78 is 51.4. The molecule has 4 aromatic rings. The van der Waals surface area contributed by atoms with Gasteiger partial charge >= 0.3 is 6.18 Å². The normalized spacial score (nSPS) is 14.8. The monoisotopic (exact) mass is 552 g/mol. The SMILES string of the molecule is CC(C)(O)COc1cc(-c2ccc(N3CCC(Oc4ccc(C(F)(F)F)cn4)CC3)nc2)c2c(C#N)cnn2c1. The number of anilines is 1. The number of halogens is 3. The van der Waals surface area contributed by atoms with Crippen LogP contribution < -0.4 is 14.4 Å². The molecule has 1 saturated heterocycles. The lowest BCUT2D eigenvalue weighted by Gasteiger charge is -2.32. The first-order chi connectivity index (χ1) is 19.0. The summed E-state index contributed by atoms with van der Waals surface area (Å²) in [6, 6.07) is 10.0. The molecule has 0 saturated carbocycles. The maximum atomic E-state index is 12.8. The summed E-state index contributed by atoms with van der Waals surface area (Å²) in [5, 5.41) is 23.9. The molecule has 1 fully saturated rings. The lowest BCUT2D eigenvalue weighted by molar-refractivity contribution is -0.137. The van der Waals surface area contributed by atoms with Gasteiger partial charge in [0.1, 0.15) is 30.3 Å². The highest BCUT2D eigenvalue weighted by Gasteiger charge is 2.31. The van der Waals surface area contributed by atoms with Crippen LogP contribution in [-0.2, 0) is 6.18 Å². The zero-order valence-electron chi connectivity index (χ0n) is 21.9. The standard InChI is InChI=1S/C28H27F3N6O3/c1-27(2,38)17-39-22-11-23(26-19(12-32)14-35-37(26)16-22)18-3-5-24(33-13-18)36-9-7-21(8-10-36)40-25-6-4-20(15-34-25)28(29,30)31/h3-6,11,13-16,21,38H,7-10,17H2,1-2H3. The van der Waals surface area contributed by atoms with E-state index in [1.54, 1.807) is 36.8 Å². The van der Waals surface area contributed by atoms with Crippen LogP contribution in [0.4, 0.5) is 19.0 Å². The second-order valence-electron chi connectivity index (χ2n) is 10.2. The third kappa shape index (κ3) is 6.10. The molecule has 5 heterocycles. The number of nitrogens with zero attached hydrogens (tertiary/aromatic N) is 6. The number of hydrogen-bond acceptors (Lipinski definition) is 8. The average molecular weight is 553 g/mol. The molecule has 0 bridgehead atoms. The molecule has 0 atom stereocenters. The molecule has 0 aromatic carbocycles. The van der Waals surface area contributed by atoms with Crippen LogP contribution in [0.25, 0.3) is 16.6 Å². The largest absolute Gasteiger partial charge is 0.489 e. The first-order valence-electron chi connectivity index (χ1n) is 12.7. The first kappa shape index (κ1) is 27.2. The molecular formula is C28H27F3N6O3. The van der Waals surface area contributed by atoms with Gasteiger partial charge in [0.15, 0.2) is 0 Å². The second kappa shape index (κ2) is 10.7. The van der Waals surface area contributed by atoms with E-state index in [4.69, 9.17) is 9.47 Å². The summed E-state index contributed by atoms with van der Waals surface area (Å²) >= 11 is 0. The smallest absolute Gasteiger partial charge is 0.417 e. The Bertz CT molecular complexity index is 1520. The Morgan fingerprint density at radius 3 is 2.45 bits per heavy atom. The Labute approximate surface area is 228 Å². The van der Waals surface area contributed by atoms with E-state index in [9.17, 15) is 23.5 Å². The van der Waals surface area contributed by atoms with Crippen molar-refractivity contribution >= 4 is 11.3 Å². The van der Waals surface area contributed by atoms with E-state index in [0.717, 1.165) is 29.2 Å². The number of alkyl halides is 3. The molecule has 0 aliphatic carbocycles. The maximum absolute atomic E-state index is 12.8. The highest BCUT2D eigenvalue weighted by Crippen LogP contribution is 2.33. The van der Waals surface area contributed by atoms with E-state index in [-0.39, 0.29) is 18.6 Å². The lowest BCUT2D eigenvalue weighted by atomic mass is 10.0. The van der Waals surface area contributed by atoms with Gasteiger partial charge in [0.05, 0.1) is 34.6 Å². The fraction of sp³-hybridized carbons (Fsp3) is 0.357. The van der Waals surface area contributed by atoms with Gasteiger partial charge in [-0.1, -0.05) is 0 Å². The number of aliphatic hydroxyl groups is 1. The Morgan fingerprint density at radius 1 is 1.07 bits per heavy atom. The predicted octanol–water partition coefficient (Wildman–Crippen LogP) is 4.88. The number of ether oxygens (including phenoxy) is 2. The van der Waals surface area contributed by atoms with Crippen LogP contribution in [0.1, 0.15) is 37.8 Å². The van der Waals surface area contributed by atoms with Gasteiger partial charge in [-0.25, -0.2) is 14.5 Å². The third-order valence-corrected chi connectivity index (χ3v) is 6.48. The van der Waals surface area contributed by atoms with Crippen molar-refractivity contribution < 1.29 is 27.8 Å². The minimum absolute atomic E-state index is 0.0795. The van der Waals surface area contributed by atoms with Gasteiger partial charge in [-0.15, -0.1) is 0 Å². The van der Waals surface area contributed by atoms with Crippen LogP contribution in [0, 0.1) is 11.3 Å². The maximum Gasteiger partial charge on any atom is 0.417 e. The minimum atomic E-state index is -4.43. The molecule has 1 aliphatic heterocycles. The van der Waals surface area contributed by atoms with Crippen LogP contribution in [0.2, 0.25) is 0 Å². The van der Waals surface area contributed by atoms with E-state index >= 15 is 0 Å². The van der Waals surface area contributed by atoms with Crippen molar-refractivity contribution in [1.82, 2.24) is 19.6 Å². The molecule has 0 spiro atoms. The fourth-order valence-electron chi connectivity index (χ4n) is 4.46. The van der Waals surface area contributed by atoms with Crippen molar-refractivity contribution in [1.29, 1.82) is 5.26 Å². The van der Waals surface area contributed by atoms with Crippen LogP contribution in [0.15, 0.2) is 55.1 Å². The van der Waals surface area contributed by atoms with Gasteiger partial charge in [-0.2, -0.15) is 23.5 Å². The van der Waals surface area contributed by atoms with Gasteiger partial charge in [0.25, 0.3) is 0 Å². The molecule has 0 radical (unpaired) electrons. The number of nitriles is 1. The predicted molar refractivity (Wildman–Crippen MR) is 140 cm³/mol. The summed E-state index contributed by atoms with van der Waals surface area (Å²) in [6.07, 6.45) is 2.40. The number of rotatable bonds is 7. The van der Waals surface area contributed by atoms with Crippen LogP contribution in [0.5, 0.6) is 11.6 Å². The average Bonchev–Trinajstić information content (AvgIpc) is 3.35. The molecule has 1 N–H and O–H groups in total. The summed E-state index contributed by atoms with van der Waals surface area (Å²) in [6.45, 7) is 4.69. The lowest BCUT2D eigenvalue weighted by Crippen LogP contribution is -2.38. The van der Waals surface area contributed by atoms with Crippen LogP contribution in [-0.4, -0.2) is 56.1 Å². The third-order valence-electron chi connectivity index (χ3n) is 6.48. The Balaban J connectivity index is 1.28. The van der Waals surface area contributed by atoms with Crippen molar-refractivity contribution in [3.05, 3.63) is 66.2 Å². The quantitative estimate of drug-likeness (QED) is 0.346. The van der Waals surface area contributed by atoms with E-state index in [2.05, 4.69) is 26.0 Å². The topological polar surface area (TPSA) is 109 Å². The first-order valence-corrected chi connectivity index (χ1v) is 12.7. The number of piperidine rings is 1. The molecule has 1 aliphatic rings. The molecular weight excluding hydrogens is 525 g/mol. The van der Waals surface area contributed by atoms with E-state index in [1.165, 1.54) is 12.3 Å².